The highest BCUT2D eigenvalue weighted by Crippen LogP contribution is 2.34. The summed E-state index contributed by atoms with van der Waals surface area (Å²) in [5.74, 6) is 1.31. The maximum Gasteiger partial charge on any atom is 0.257 e. The molecule has 0 bridgehead atoms. The molecule has 2 aliphatic rings. The van der Waals surface area contributed by atoms with E-state index in [1.54, 1.807) is 10.9 Å². The summed E-state index contributed by atoms with van der Waals surface area (Å²) in [7, 11) is 0. The number of hydrogen-bond acceptors (Lipinski definition) is 4. The first-order valence-electron chi connectivity index (χ1n) is 9.55. The molecule has 1 aliphatic heterocycles. The number of carbonyl (C=O) groups excluding carboxylic acids is 1. The van der Waals surface area contributed by atoms with E-state index in [0.717, 1.165) is 24.8 Å². The summed E-state index contributed by atoms with van der Waals surface area (Å²) >= 11 is 0. The highest BCUT2D eigenvalue weighted by molar-refractivity contribution is 5.94. The molecule has 2 atom stereocenters. The second-order valence-corrected chi connectivity index (χ2v) is 7.40. The van der Waals surface area contributed by atoms with Crippen LogP contribution in [0.1, 0.15) is 41.7 Å². The molecule has 6 heteroatoms. The quantitative estimate of drug-likeness (QED) is 0.767. The normalized spacial score (nSPS) is 22.7. The zero-order chi connectivity index (χ0) is 17.9. The van der Waals surface area contributed by atoms with Crippen molar-refractivity contribution in [3.05, 3.63) is 48.0 Å². The van der Waals surface area contributed by atoms with Crippen molar-refractivity contribution in [3.8, 4) is 0 Å². The summed E-state index contributed by atoms with van der Waals surface area (Å²) in [6.07, 6.45) is 7.90. The van der Waals surface area contributed by atoms with Crippen LogP contribution >= 0.6 is 0 Å². The van der Waals surface area contributed by atoms with Crippen LogP contribution in [0.4, 0.5) is 0 Å². The second kappa shape index (κ2) is 7.58. The van der Waals surface area contributed by atoms with E-state index in [-0.39, 0.29) is 17.7 Å². The third-order valence-corrected chi connectivity index (χ3v) is 5.38. The number of amides is 1. The third-order valence-electron chi connectivity index (χ3n) is 5.38. The molecule has 2 aromatic rings. The van der Waals surface area contributed by atoms with Crippen LogP contribution in [0.3, 0.4) is 0 Å². The van der Waals surface area contributed by atoms with E-state index in [1.165, 1.54) is 12.8 Å². The fourth-order valence-electron chi connectivity index (χ4n) is 3.64. The van der Waals surface area contributed by atoms with E-state index in [2.05, 4.69) is 16.1 Å². The minimum atomic E-state index is 0.0512. The lowest BCUT2D eigenvalue weighted by atomic mass is 9.93. The van der Waals surface area contributed by atoms with Gasteiger partial charge in [-0.25, -0.2) is 0 Å². The van der Waals surface area contributed by atoms with Crippen molar-refractivity contribution in [2.75, 3.05) is 26.3 Å². The van der Waals surface area contributed by atoms with Crippen LogP contribution in [0.25, 0.3) is 0 Å². The molecule has 2 fully saturated rings. The summed E-state index contributed by atoms with van der Waals surface area (Å²) in [6, 6.07) is 6.00. The van der Waals surface area contributed by atoms with E-state index < -0.39 is 0 Å². The number of hydrogen-bond donors (Lipinski definition) is 0. The molecule has 0 radical (unpaired) electrons. The van der Waals surface area contributed by atoms with Crippen LogP contribution in [-0.2, 0) is 11.3 Å². The third kappa shape index (κ3) is 3.80. The minimum Gasteiger partial charge on any atom is -0.381 e. The summed E-state index contributed by atoms with van der Waals surface area (Å²) in [5.41, 5.74) is 1.71. The zero-order valence-electron chi connectivity index (χ0n) is 15.3. The van der Waals surface area contributed by atoms with Gasteiger partial charge < -0.3 is 9.64 Å². The molecule has 4 rings (SSSR count). The number of rotatable bonds is 7. The summed E-state index contributed by atoms with van der Waals surface area (Å²) in [5, 5.41) is 4.23. The predicted octanol–water partition coefficient (Wildman–Crippen LogP) is 2.58. The summed E-state index contributed by atoms with van der Waals surface area (Å²) in [6.45, 7) is 5.72. The highest BCUT2D eigenvalue weighted by Gasteiger charge is 2.38. The lowest BCUT2D eigenvalue weighted by Gasteiger charge is -2.17. The number of aryl methyl sites for hydroxylation is 1. The molecular weight excluding hydrogens is 328 g/mol. The van der Waals surface area contributed by atoms with Crippen LogP contribution in [0.2, 0.25) is 0 Å². The van der Waals surface area contributed by atoms with Gasteiger partial charge in [0.25, 0.3) is 5.91 Å². The van der Waals surface area contributed by atoms with Gasteiger partial charge in [-0.15, -0.1) is 0 Å². The average molecular weight is 354 g/mol. The van der Waals surface area contributed by atoms with Gasteiger partial charge in [-0.05, 0) is 37.8 Å². The molecule has 2 aromatic heterocycles. The molecule has 0 N–H and O–H groups in total. The van der Waals surface area contributed by atoms with Crippen LogP contribution < -0.4 is 0 Å². The Balaban J connectivity index is 1.47. The van der Waals surface area contributed by atoms with Gasteiger partial charge in [0.2, 0.25) is 0 Å². The Hall–Kier alpha value is -2.21. The van der Waals surface area contributed by atoms with Crippen LogP contribution in [-0.4, -0.2) is 51.9 Å². The number of aromatic nitrogens is 3. The molecule has 1 amide bonds. The van der Waals surface area contributed by atoms with E-state index in [9.17, 15) is 4.79 Å². The van der Waals surface area contributed by atoms with E-state index in [4.69, 9.17) is 4.74 Å². The number of nitrogens with zero attached hydrogens (tertiary/aromatic N) is 4. The maximum absolute atomic E-state index is 12.9. The fourth-order valence-corrected chi connectivity index (χ4v) is 3.64. The van der Waals surface area contributed by atoms with Crippen molar-refractivity contribution in [1.29, 1.82) is 0 Å². The van der Waals surface area contributed by atoms with E-state index in [1.807, 2.05) is 36.4 Å². The Morgan fingerprint density at radius 1 is 1.27 bits per heavy atom. The molecule has 138 valence electrons. The van der Waals surface area contributed by atoms with Crippen molar-refractivity contribution in [2.24, 2.45) is 11.8 Å². The zero-order valence-corrected chi connectivity index (χ0v) is 15.3. The van der Waals surface area contributed by atoms with Crippen molar-refractivity contribution < 1.29 is 9.53 Å². The van der Waals surface area contributed by atoms with Crippen molar-refractivity contribution in [3.63, 3.8) is 0 Å². The standard InChI is InChI=1S/C20H26N4O2/c1-2-24-11-16(9-22-24)20(25)23-10-17(14-26-13-15-6-7-15)18(12-23)19-5-3-4-8-21-19/h3-5,8-9,11,15,17-18H,2,6-7,10,12-14H2,1H3/t17-,18+/m0/s1. The smallest absolute Gasteiger partial charge is 0.257 e. The molecule has 1 saturated carbocycles. The molecule has 1 saturated heterocycles. The molecule has 0 spiro atoms. The second-order valence-electron chi connectivity index (χ2n) is 7.40. The Kier molecular flexibility index (Phi) is 5.02. The van der Waals surface area contributed by atoms with E-state index >= 15 is 0 Å². The molecule has 6 nitrogen and oxygen atoms in total. The summed E-state index contributed by atoms with van der Waals surface area (Å²) in [4.78, 5) is 19.4. The first-order chi connectivity index (χ1) is 12.7. The number of carbonyl (C=O) groups is 1. The molecular formula is C20H26N4O2. The SMILES string of the molecule is CCn1cc(C(=O)N2C[C@@H](COCC3CC3)[C@H](c3ccccn3)C2)cn1. The van der Waals surface area contributed by atoms with Crippen LogP contribution in [0.5, 0.6) is 0 Å². The van der Waals surface area contributed by atoms with Gasteiger partial charge in [-0.1, -0.05) is 6.07 Å². The number of ether oxygens (including phenoxy) is 1. The summed E-state index contributed by atoms with van der Waals surface area (Å²) < 4.78 is 7.75. The van der Waals surface area contributed by atoms with Crippen molar-refractivity contribution in [2.45, 2.75) is 32.2 Å². The highest BCUT2D eigenvalue weighted by atomic mass is 16.5. The maximum atomic E-state index is 12.9. The largest absolute Gasteiger partial charge is 0.381 e. The Labute approximate surface area is 154 Å². The van der Waals surface area contributed by atoms with Crippen LogP contribution in [0.15, 0.2) is 36.8 Å². The van der Waals surface area contributed by atoms with Gasteiger partial charge in [0.15, 0.2) is 0 Å². The lowest BCUT2D eigenvalue weighted by Crippen LogP contribution is -2.29. The van der Waals surface area contributed by atoms with Gasteiger partial charge >= 0.3 is 0 Å². The molecule has 1 aliphatic carbocycles. The first kappa shape index (κ1) is 17.2. The van der Waals surface area contributed by atoms with Crippen molar-refractivity contribution >= 4 is 5.91 Å². The fraction of sp³-hybridized carbons (Fsp3) is 0.550. The molecule has 3 heterocycles. The van der Waals surface area contributed by atoms with E-state index in [0.29, 0.717) is 25.3 Å². The minimum absolute atomic E-state index is 0.0512. The Morgan fingerprint density at radius 2 is 2.15 bits per heavy atom. The van der Waals surface area contributed by atoms with Gasteiger partial charge in [-0.2, -0.15) is 5.10 Å². The van der Waals surface area contributed by atoms with Gasteiger partial charge in [0, 0.05) is 56.2 Å². The monoisotopic (exact) mass is 354 g/mol. The Morgan fingerprint density at radius 3 is 2.85 bits per heavy atom. The van der Waals surface area contributed by atoms with Gasteiger partial charge in [0.05, 0.1) is 18.4 Å². The first-order valence-corrected chi connectivity index (χ1v) is 9.55. The van der Waals surface area contributed by atoms with Gasteiger partial charge in [-0.3, -0.25) is 14.5 Å². The predicted molar refractivity (Wildman–Crippen MR) is 97.8 cm³/mol. The average Bonchev–Trinajstić information content (AvgIpc) is 3.21. The Bertz CT molecular complexity index is 741. The number of likely N-dealkylation sites (tertiary alicyclic amines) is 1. The van der Waals surface area contributed by atoms with Gasteiger partial charge in [0.1, 0.15) is 0 Å². The topological polar surface area (TPSA) is 60.2 Å². The molecule has 0 aromatic carbocycles. The lowest BCUT2D eigenvalue weighted by molar-refractivity contribution is 0.0739. The molecule has 26 heavy (non-hydrogen) atoms. The molecule has 0 unspecified atom stereocenters. The van der Waals surface area contributed by atoms with Crippen LogP contribution in [0, 0.1) is 11.8 Å². The van der Waals surface area contributed by atoms with Crippen molar-refractivity contribution in [1.82, 2.24) is 19.7 Å². The number of pyridine rings is 1.